The van der Waals surface area contributed by atoms with Crippen LogP contribution in [0.1, 0.15) is 26.2 Å². The monoisotopic (exact) mass is 238 g/mol. The van der Waals surface area contributed by atoms with Gasteiger partial charge in [0.1, 0.15) is 5.82 Å². The first-order valence-corrected chi connectivity index (χ1v) is 6.30. The summed E-state index contributed by atoms with van der Waals surface area (Å²) in [5.74, 6) is 0.514. The number of nitrogens with zero attached hydrogens (tertiary/aromatic N) is 1. The molecule has 2 nitrogen and oxygen atoms in total. The zero-order valence-electron chi connectivity index (χ0n) is 10.8. The smallest absolute Gasteiger partial charge is 0.123 e. The number of anilines is 1. The summed E-state index contributed by atoms with van der Waals surface area (Å²) in [6.07, 6.45) is 3.44. The van der Waals surface area contributed by atoms with Gasteiger partial charge in [-0.1, -0.05) is 6.92 Å². The molecule has 96 valence electrons. The SMILES string of the molecule is CC(CCN)CCCN(C)c1ccc(F)cc1. The van der Waals surface area contributed by atoms with Gasteiger partial charge in [-0.15, -0.1) is 0 Å². The Labute approximate surface area is 104 Å². The van der Waals surface area contributed by atoms with Crippen LogP contribution in [-0.4, -0.2) is 20.1 Å². The van der Waals surface area contributed by atoms with E-state index in [-0.39, 0.29) is 5.82 Å². The van der Waals surface area contributed by atoms with Crippen molar-refractivity contribution in [3.63, 3.8) is 0 Å². The second kappa shape index (κ2) is 7.28. The van der Waals surface area contributed by atoms with Gasteiger partial charge in [0.05, 0.1) is 0 Å². The van der Waals surface area contributed by atoms with Gasteiger partial charge in [0, 0.05) is 19.3 Å². The van der Waals surface area contributed by atoms with Crippen LogP contribution in [0.4, 0.5) is 10.1 Å². The third-order valence-corrected chi connectivity index (χ3v) is 3.12. The van der Waals surface area contributed by atoms with Crippen LogP contribution < -0.4 is 10.6 Å². The Bertz CT molecular complexity index is 311. The maximum absolute atomic E-state index is 12.8. The number of hydrogen-bond acceptors (Lipinski definition) is 2. The summed E-state index contributed by atoms with van der Waals surface area (Å²) in [5.41, 5.74) is 6.59. The van der Waals surface area contributed by atoms with Crippen LogP contribution in [0.15, 0.2) is 24.3 Å². The van der Waals surface area contributed by atoms with Gasteiger partial charge in [-0.3, -0.25) is 0 Å². The van der Waals surface area contributed by atoms with E-state index in [0.29, 0.717) is 5.92 Å². The van der Waals surface area contributed by atoms with Gasteiger partial charge in [-0.25, -0.2) is 4.39 Å². The maximum Gasteiger partial charge on any atom is 0.123 e. The van der Waals surface area contributed by atoms with Crippen molar-refractivity contribution in [1.29, 1.82) is 0 Å². The van der Waals surface area contributed by atoms with E-state index in [4.69, 9.17) is 5.73 Å². The topological polar surface area (TPSA) is 29.3 Å². The second-order valence-corrected chi connectivity index (χ2v) is 4.72. The van der Waals surface area contributed by atoms with Crippen LogP contribution in [0.5, 0.6) is 0 Å². The number of halogens is 1. The van der Waals surface area contributed by atoms with Gasteiger partial charge in [-0.2, -0.15) is 0 Å². The summed E-state index contributed by atoms with van der Waals surface area (Å²) in [5, 5.41) is 0. The molecule has 17 heavy (non-hydrogen) atoms. The van der Waals surface area contributed by atoms with E-state index < -0.39 is 0 Å². The van der Waals surface area contributed by atoms with Crippen molar-refractivity contribution in [3.05, 3.63) is 30.1 Å². The zero-order chi connectivity index (χ0) is 12.7. The fourth-order valence-electron chi connectivity index (χ4n) is 1.93. The number of nitrogens with two attached hydrogens (primary N) is 1. The van der Waals surface area contributed by atoms with Gasteiger partial charge in [0.25, 0.3) is 0 Å². The minimum absolute atomic E-state index is 0.182. The minimum atomic E-state index is -0.182. The molecule has 0 amide bonds. The number of hydrogen-bond donors (Lipinski definition) is 1. The normalized spacial score (nSPS) is 12.5. The van der Waals surface area contributed by atoms with Crippen LogP contribution in [0.2, 0.25) is 0 Å². The molecule has 0 spiro atoms. The van der Waals surface area contributed by atoms with Crippen molar-refractivity contribution >= 4 is 5.69 Å². The van der Waals surface area contributed by atoms with Gasteiger partial charge < -0.3 is 10.6 Å². The molecular formula is C14H23FN2. The fourth-order valence-corrected chi connectivity index (χ4v) is 1.93. The molecule has 1 rings (SSSR count). The third kappa shape index (κ3) is 5.18. The standard InChI is InChI=1S/C14H23FN2/c1-12(9-10-16)4-3-11-17(2)14-7-5-13(15)6-8-14/h5-8,12H,3-4,9-11,16H2,1-2H3. The van der Waals surface area contributed by atoms with Gasteiger partial charge in [0.15, 0.2) is 0 Å². The highest BCUT2D eigenvalue weighted by Gasteiger charge is 2.04. The van der Waals surface area contributed by atoms with Crippen LogP contribution in [0.3, 0.4) is 0 Å². The molecule has 1 atom stereocenters. The Morgan fingerprint density at radius 3 is 2.47 bits per heavy atom. The van der Waals surface area contributed by atoms with E-state index in [9.17, 15) is 4.39 Å². The maximum atomic E-state index is 12.8. The third-order valence-electron chi connectivity index (χ3n) is 3.12. The molecule has 0 bridgehead atoms. The summed E-state index contributed by atoms with van der Waals surface area (Å²) in [7, 11) is 2.04. The first-order chi connectivity index (χ1) is 8.13. The Kier molecular flexibility index (Phi) is 5.98. The second-order valence-electron chi connectivity index (χ2n) is 4.72. The first kappa shape index (κ1) is 14.0. The molecule has 0 radical (unpaired) electrons. The molecule has 0 heterocycles. The average molecular weight is 238 g/mol. The summed E-state index contributed by atoms with van der Waals surface area (Å²) in [4.78, 5) is 2.16. The van der Waals surface area contributed by atoms with E-state index in [0.717, 1.165) is 31.6 Å². The Morgan fingerprint density at radius 2 is 1.88 bits per heavy atom. The van der Waals surface area contributed by atoms with E-state index in [1.54, 1.807) is 0 Å². The number of rotatable bonds is 7. The lowest BCUT2D eigenvalue weighted by molar-refractivity contribution is 0.482. The van der Waals surface area contributed by atoms with Crippen molar-refractivity contribution in [1.82, 2.24) is 0 Å². The Balaban J connectivity index is 2.29. The molecule has 0 aromatic heterocycles. The van der Waals surface area contributed by atoms with E-state index in [1.807, 2.05) is 19.2 Å². The van der Waals surface area contributed by atoms with Crippen molar-refractivity contribution in [2.24, 2.45) is 11.7 Å². The summed E-state index contributed by atoms with van der Waals surface area (Å²) < 4.78 is 12.8. The minimum Gasteiger partial charge on any atom is -0.375 e. The molecule has 3 heteroatoms. The predicted octanol–water partition coefficient (Wildman–Crippen LogP) is 3.03. The molecule has 0 aliphatic rings. The molecule has 2 N–H and O–H groups in total. The summed E-state index contributed by atoms with van der Waals surface area (Å²) >= 11 is 0. The Hall–Kier alpha value is -1.09. The van der Waals surface area contributed by atoms with Crippen molar-refractivity contribution in [2.45, 2.75) is 26.2 Å². The molecule has 0 fully saturated rings. The fraction of sp³-hybridized carbons (Fsp3) is 0.571. The number of benzene rings is 1. The van der Waals surface area contributed by atoms with Crippen LogP contribution in [-0.2, 0) is 0 Å². The van der Waals surface area contributed by atoms with Crippen LogP contribution in [0.25, 0.3) is 0 Å². The van der Waals surface area contributed by atoms with E-state index in [2.05, 4.69) is 11.8 Å². The molecule has 0 saturated carbocycles. The summed E-state index contributed by atoms with van der Waals surface area (Å²) in [6, 6.07) is 6.64. The van der Waals surface area contributed by atoms with Crippen molar-refractivity contribution in [3.8, 4) is 0 Å². The largest absolute Gasteiger partial charge is 0.375 e. The van der Waals surface area contributed by atoms with Crippen LogP contribution >= 0.6 is 0 Å². The van der Waals surface area contributed by atoms with Crippen molar-refractivity contribution in [2.75, 3.05) is 25.0 Å². The highest BCUT2D eigenvalue weighted by atomic mass is 19.1. The van der Waals surface area contributed by atoms with E-state index >= 15 is 0 Å². The van der Waals surface area contributed by atoms with Gasteiger partial charge in [-0.05, 0) is 56.0 Å². The first-order valence-electron chi connectivity index (χ1n) is 6.30. The molecule has 1 aromatic rings. The predicted molar refractivity (Wildman–Crippen MR) is 71.7 cm³/mol. The molecule has 1 unspecified atom stereocenters. The molecular weight excluding hydrogens is 215 g/mol. The molecule has 1 aromatic carbocycles. The quantitative estimate of drug-likeness (QED) is 0.791. The van der Waals surface area contributed by atoms with Crippen LogP contribution in [0, 0.1) is 11.7 Å². The lowest BCUT2D eigenvalue weighted by atomic mass is 10.0. The highest BCUT2D eigenvalue weighted by Crippen LogP contribution is 2.15. The molecule has 0 saturated heterocycles. The van der Waals surface area contributed by atoms with Crippen molar-refractivity contribution < 1.29 is 4.39 Å². The molecule has 0 aliphatic heterocycles. The Morgan fingerprint density at radius 1 is 1.24 bits per heavy atom. The van der Waals surface area contributed by atoms with Gasteiger partial charge >= 0.3 is 0 Å². The summed E-state index contributed by atoms with van der Waals surface area (Å²) in [6.45, 7) is 4.01. The lowest BCUT2D eigenvalue weighted by Gasteiger charge is -2.20. The van der Waals surface area contributed by atoms with Gasteiger partial charge in [0.2, 0.25) is 0 Å². The molecule has 0 aliphatic carbocycles. The average Bonchev–Trinajstić information content (AvgIpc) is 2.30. The zero-order valence-corrected chi connectivity index (χ0v) is 10.8. The van der Waals surface area contributed by atoms with E-state index in [1.165, 1.54) is 18.6 Å². The highest BCUT2D eigenvalue weighted by molar-refractivity contribution is 5.45. The lowest BCUT2D eigenvalue weighted by Crippen LogP contribution is -2.19.